The number of rotatable bonds is 6. The molecule has 1 aromatic rings. The Labute approximate surface area is 142 Å². The molecular formula is C19H26FNO3. The van der Waals surface area contributed by atoms with E-state index in [9.17, 15) is 14.3 Å². The van der Waals surface area contributed by atoms with Gasteiger partial charge in [-0.2, -0.15) is 0 Å². The third-order valence-corrected chi connectivity index (χ3v) is 5.45. The van der Waals surface area contributed by atoms with Crippen molar-refractivity contribution >= 4 is 5.91 Å². The summed E-state index contributed by atoms with van der Waals surface area (Å²) in [6.45, 7) is 0.681. The molecule has 0 spiro atoms. The molecule has 0 unspecified atom stereocenters. The van der Waals surface area contributed by atoms with E-state index in [1.54, 1.807) is 12.1 Å². The second-order valence-electron chi connectivity index (χ2n) is 7.11. The van der Waals surface area contributed by atoms with Crippen LogP contribution in [-0.4, -0.2) is 41.7 Å². The summed E-state index contributed by atoms with van der Waals surface area (Å²) in [7, 11) is 1.86. The molecule has 2 fully saturated rings. The Morgan fingerprint density at radius 2 is 1.96 bits per heavy atom. The molecule has 0 heterocycles. The fourth-order valence-corrected chi connectivity index (χ4v) is 3.59. The second-order valence-corrected chi connectivity index (χ2v) is 7.11. The van der Waals surface area contributed by atoms with E-state index in [2.05, 4.69) is 0 Å². The van der Waals surface area contributed by atoms with E-state index >= 15 is 0 Å². The van der Waals surface area contributed by atoms with Crippen molar-refractivity contribution in [2.24, 2.45) is 11.8 Å². The van der Waals surface area contributed by atoms with Gasteiger partial charge in [-0.15, -0.1) is 0 Å². The van der Waals surface area contributed by atoms with E-state index in [0.717, 1.165) is 38.5 Å². The average molecular weight is 335 g/mol. The highest BCUT2D eigenvalue weighted by molar-refractivity contribution is 5.79. The molecule has 1 N–H and O–H groups in total. The highest BCUT2D eigenvalue weighted by atomic mass is 19.1. The third-order valence-electron chi connectivity index (χ3n) is 5.45. The molecule has 0 radical (unpaired) electrons. The summed E-state index contributed by atoms with van der Waals surface area (Å²) in [6, 6.07) is 5.88. The Bertz CT molecular complexity index is 558. The number of aliphatic hydroxyl groups excluding tert-OH is 1. The van der Waals surface area contributed by atoms with Crippen LogP contribution >= 0.6 is 0 Å². The van der Waals surface area contributed by atoms with Crippen molar-refractivity contribution in [3.8, 4) is 5.75 Å². The summed E-state index contributed by atoms with van der Waals surface area (Å²) in [5, 5.41) is 10.5. The third kappa shape index (κ3) is 3.89. The molecule has 3 atom stereocenters. The monoisotopic (exact) mass is 335 g/mol. The van der Waals surface area contributed by atoms with E-state index in [1.165, 1.54) is 12.1 Å². The SMILES string of the molecule is CN(CC[C@H]1CC[C@@H](Oc2ccc(F)cc2)[C@@H]1O)C(=O)C1CCC1. The van der Waals surface area contributed by atoms with Crippen LogP contribution in [-0.2, 0) is 4.79 Å². The molecule has 5 heteroatoms. The van der Waals surface area contributed by atoms with Crippen LogP contribution in [0, 0.1) is 17.7 Å². The number of hydrogen-bond donors (Lipinski definition) is 1. The van der Waals surface area contributed by atoms with Gasteiger partial charge in [0.2, 0.25) is 5.91 Å². The van der Waals surface area contributed by atoms with Gasteiger partial charge in [0, 0.05) is 19.5 Å². The van der Waals surface area contributed by atoms with Crippen LogP contribution < -0.4 is 4.74 Å². The second kappa shape index (κ2) is 7.51. The van der Waals surface area contributed by atoms with Crippen LogP contribution in [0.1, 0.15) is 38.5 Å². The molecular weight excluding hydrogens is 309 g/mol. The smallest absolute Gasteiger partial charge is 0.225 e. The van der Waals surface area contributed by atoms with Crippen LogP contribution in [0.25, 0.3) is 0 Å². The first-order chi connectivity index (χ1) is 11.5. The van der Waals surface area contributed by atoms with E-state index in [-0.39, 0.29) is 29.7 Å². The summed E-state index contributed by atoms with van der Waals surface area (Å²) in [6.07, 6.45) is 4.86. The first-order valence-electron chi connectivity index (χ1n) is 8.90. The standard InChI is InChI=1S/C19H26FNO3/c1-21(19(23)14-3-2-4-14)12-11-13-5-10-17(18(13)22)24-16-8-6-15(20)7-9-16/h6-9,13-14,17-18,22H,2-5,10-12H2,1H3/t13-,17-,18-/m1/s1. The maximum Gasteiger partial charge on any atom is 0.225 e. The summed E-state index contributed by atoms with van der Waals surface area (Å²) < 4.78 is 18.7. The lowest BCUT2D eigenvalue weighted by Crippen LogP contribution is -2.38. The molecule has 0 aromatic heterocycles. The van der Waals surface area contributed by atoms with Crippen molar-refractivity contribution < 1.29 is 19.0 Å². The minimum absolute atomic E-state index is 0.145. The van der Waals surface area contributed by atoms with E-state index in [0.29, 0.717) is 12.3 Å². The zero-order chi connectivity index (χ0) is 17.1. The van der Waals surface area contributed by atoms with Crippen molar-refractivity contribution in [3.05, 3.63) is 30.1 Å². The number of amides is 1. The van der Waals surface area contributed by atoms with Crippen LogP contribution in [0.15, 0.2) is 24.3 Å². The highest BCUT2D eigenvalue weighted by Crippen LogP contribution is 2.33. The minimum Gasteiger partial charge on any atom is -0.488 e. The summed E-state index contributed by atoms with van der Waals surface area (Å²) >= 11 is 0. The number of carbonyl (C=O) groups is 1. The van der Waals surface area contributed by atoms with Crippen LogP contribution in [0.2, 0.25) is 0 Å². The Balaban J connectivity index is 1.46. The summed E-state index contributed by atoms with van der Waals surface area (Å²) in [5.41, 5.74) is 0. The molecule has 0 aliphatic heterocycles. The Hall–Kier alpha value is -1.62. The lowest BCUT2D eigenvalue weighted by molar-refractivity contribution is -0.137. The van der Waals surface area contributed by atoms with Gasteiger partial charge in [0.25, 0.3) is 0 Å². The quantitative estimate of drug-likeness (QED) is 0.869. The van der Waals surface area contributed by atoms with Crippen LogP contribution in [0.3, 0.4) is 0 Å². The molecule has 1 aromatic carbocycles. The number of nitrogens with zero attached hydrogens (tertiary/aromatic N) is 1. The molecule has 132 valence electrons. The number of hydrogen-bond acceptors (Lipinski definition) is 3. The van der Waals surface area contributed by atoms with E-state index in [4.69, 9.17) is 4.74 Å². The van der Waals surface area contributed by atoms with Gasteiger partial charge in [-0.25, -0.2) is 4.39 Å². The average Bonchev–Trinajstić information content (AvgIpc) is 2.86. The first kappa shape index (κ1) is 17.2. The number of halogens is 1. The fraction of sp³-hybridized carbons (Fsp3) is 0.632. The maximum atomic E-state index is 12.9. The Morgan fingerprint density at radius 1 is 1.25 bits per heavy atom. The predicted octanol–water partition coefficient (Wildman–Crippen LogP) is 2.99. The van der Waals surface area contributed by atoms with Gasteiger partial charge in [-0.05, 0) is 62.3 Å². The van der Waals surface area contributed by atoms with Crippen LogP contribution in [0.4, 0.5) is 4.39 Å². The Kier molecular flexibility index (Phi) is 5.39. The van der Waals surface area contributed by atoms with Crippen molar-refractivity contribution in [1.82, 2.24) is 4.90 Å². The lowest BCUT2D eigenvalue weighted by atomic mass is 9.84. The Morgan fingerprint density at radius 3 is 2.58 bits per heavy atom. The van der Waals surface area contributed by atoms with Gasteiger partial charge in [-0.3, -0.25) is 4.79 Å². The number of carbonyl (C=O) groups excluding carboxylic acids is 1. The van der Waals surface area contributed by atoms with E-state index in [1.807, 2.05) is 11.9 Å². The molecule has 24 heavy (non-hydrogen) atoms. The summed E-state index contributed by atoms with van der Waals surface area (Å²) in [5.74, 6) is 0.891. The molecule has 2 aliphatic rings. The molecule has 3 rings (SSSR count). The van der Waals surface area contributed by atoms with Gasteiger partial charge in [-0.1, -0.05) is 6.42 Å². The van der Waals surface area contributed by atoms with Gasteiger partial charge >= 0.3 is 0 Å². The van der Waals surface area contributed by atoms with E-state index < -0.39 is 6.10 Å². The van der Waals surface area contributed by atoms with Crippen molar-refractivity contribution in [3.63, 3.8) is 0 Å². The number of benzene rings is 1. The predicted molar refractivity (Wildman–Crippen MR) is 89.1 cm³/mol. The van der Waals surface area contributed by atoms with Gasteiger partial charge in [0.15, 0.2) is 0 Å². The van der Waals surface area contributed by atoms with Gasteiger partial charge < -0.3 is 14.7 Å². The van der Waals surface area contributed by atoms with Gasteiger partial charge in [0.1, 0.15) is 17.7 Å². The first-order valence-corrected chi connectivity index (χ1v) is 8.90. The van der Waals surface area contributed by atoms with Crippen molar-refractivity contribution in [2.45, 2.75) is 50.7 Å². The molecule has 0 bridgehead atoms. The maximum absolute atomic E-state index is 12.9. The zero-order valence-corrected chi connectivity index (χ0v) is 14.2. The molecule has 2 saturated carbocycles. The minimum atomic E-state index is -0.540. The molecule has 0 saturated heterocycles. The lowest BCUT2D eigenvalue weighted by Gasteiger charge is -2.30. The van der Waals surface area contributed by atoms with Gasteiger partial charge in [0.05, 0.1) is 6.10 Å². The molecule has 2 aliphatic carbocycles. The summed E-state index contributed by atoms with van der Waals surface area (Å²) in [4.78, 5) is 14.0. The molecule has 4 nitrogen and oxygen atoms in total. The fourth-order valence-electron chi connectivity index (χ4n) is 3.59. The number of ether oxygens (including phenoxy) is 1. The number of aliphatic hydroxyl groups is 1. The zero-order valence-electron chi connectivity index (χ0n) is 14.2. The van der Waals surface area contributed by atoms with Crippen LogP contribution in [0.5, 0.6) is 5.75 Å². The topological polar surface area (TPSA) is 49.8 Å². The van der Waals surface area contributed by atoms with Crippen molar-refractivity contribution in [2.75, 3.05) is 13.6 Å². The molecule has 1 amide bonds. The largest absolute Gasteiger partial charge is 0.488 e. The highest BCUT2D eigenvalue weighted by Gasteiger charge is 2.36. The van der Waals surface area contributed by atoms with Crippen molar-refractivity contribution in [1.29, 1.82) is 0 Å². The normalized spacial score (nSPS) is 26.9.